The van der Waals surface area contributed by atoms with Gasteiger partial charge in [0.1, 0.15) is 5.75 Å². The first-order valence-electron chi connectivity index (χ1n) is 5.23. The van der Waals surface area contributed by atoms with E-state index >= 15 is 0 Å². The molecule has 0 aliphatic rings. The van der Waals surface area contributed by atoms with E-state index in [2.05, 4.69) is 10.2 Å². The van der Waals surface area contributed by atoms with Gasteiger partial charge in [0.15, 0.2) is 0 Å². The maximum absolute atomic E-state index is 10.8. The SMILES string of the molecule is O=S(=O)(O)c1ccc(/N=N/c2ccc(O)cc2)cc1. The van der Waals surface area contributed by atoms with Gasteiger partial charge in [-0.2, -0.15) is 18.6 Å². The van der Waals surface area contributed by atoms with Crippen molar-refractivity contribution in [1.29, 1.82) is 0 Å². The summed E-state index contributed by atoms with van der Waals surface area (Å²) in [6, 6.07) is 11.5. The van der Waals surface area contributed by atoms with Crippen LogP contribution in [0.15, 0.2) is 63.7 Å². The van der Waals surface area contributed by atoms with Gasteiger partial charge < -0.3 is 5.11 Å². The van der Waals surface area contributed by atoms with Crippen molar-refractivity contribution < 1.29 is 18.1 Å². The Kier molecular flexibility index (Phi) is 3.59. The normalized spacial score (nSPS) is 11.8. The van der Waals surface area contributed by atoms with Gasteiger partial charge in [-0.15, -0.1) is 0 Å². The van der Waals surface area contributed by atoms with E-state index in [0.29, 0.717) is 11.4 Å². The van der Waals surface area contributed by atoms with Crippen molar-refractivity contribution >= 4 is 21.5 Å². The Labute approximate surface area is 109 Å². The summed E-state index contributed by atoms with van der Waals surface area (Å²) in [4.78, 5) is -0.198. The van der Waals surface area contributed by atoms with Crippen LogP contribution in [-0.4, -0.2) is 18.1 Å². The highest BCUT2D eigenvalue weighted by atomic mass is 32.2. The molecular formula is C12H10N2O4S. The zero-order valence-corrected chi connectivity index (χ0v) is 10.4. The summed E-state index contributed by atoms with van der Waals surface area (Å²) in [6.45, 7) is 0. The van der Waals surface area contributed by atoms with Crippen molar-refractivity contribution in [3.8, 4) is 5.75 Å². The second-order valence-electron chi connectivity index (χ2n) is 3.69. The molecule has 98 valence electrons. The van der Waals surface area contributed by atoms with E-state index in [1.54, 1.807) is 12.1 Å². The summed E-state index contributed by atoms with van der Waals surface area (Å²) >= 11 is 0. The maximum Gasteiger partial charge on any atom is 0.294 e. The number of phenols is 1. The summed E-state index contributed by atoms with van der Waals surface area (Å²) in [5.74, 6) is 0.136. The molecule has 0 aliphatic heterocycles. The van der Waals surface area contributed by atoms with Crippen LogP contribution < -0.4 is 0 Å². The molecule has 2 aromatic carbocycles. The van der Waals surface area contributed by atoms with E-state index in [9.17, 15) is 8.42 Å². The molecule has 0 heterocycles. The molecule has 0 amide bonds. The maximum atomic E-state index is 10.8. The van der Waals surface area contributed by atoms with Gasteiger partial charge in [-0.05, 0) is 48.5 Å². The van der Waals surface area contributed by atoms with Crippen molar-refractivity contribution in [3.05, 3.63) is 48.5 Å². The van der Waals surface area contributed by atoms with Crippen LogP contribution in [0, 0.1) is 0 Å². The number of phenolic OH excluding ortho intramolecular Hbond substituents is 1. The highest BCUT2D eigenvalue weighted by molar-refractivity contribution is 7.85. The Hall–Kier alpha value is -2.25. The smallest absolute Gasteiger partial charge is 0.294 e. The van der Waals surface area contributed by atoms with Gasteiger partial charge in [-0.25, -0.2) is 0 Å². The minimum atomic E-state index is -4.19. The molecule has 0 atom stereocenters. The van der Waals surface area contributed by atoms with Crippen LogP contribution in [0.5, 0.6) is 5.75 Å². The summed E-state index contributed by atoms with van der Waals surface area (Å²) in [5, 5.41) is 16.9. The average molecular weight is 278 g/mol. The minimum Gasteiger partial charge on any atom is -0.508 e. The number of azo groups is 1. The third kappa shape index (κ3) is 3.60. The summed E-state index contributed by atoms with van der Waals surface area (Å²) in [5.41, 5.74) is 0.997. The van der Waals surface area contributed by atoms with Gasteiger partial charge in [0.2, 0.25) is 0 Å². The number of nitrogens with zero attached hydrogens (tertiary/aromatic N) is 2. The number of aromatic hydroxyl groups is 1. The van der Waals surface area contributed by atoms with Crippen LogP contribution in [-0.2, 0) is 10.1 Å². The largest absolute Gasteiger partial charge is 0.508 e. The third-order valence-corrected chi connectivity index (χ3v) is 3.13. The van der Waals surface area contributed by atoms with Gasteiger partial charge in [-0.1, -0.05) is 0 Å². The second kappa shape index (κ2) is 5.17. The van der Waals surface area contributed by atoms with Crippen molar-refractivity contribution in [2.24, 2.45) is 10.2 Å². The zero-order valence-electron chi connectivity index (χ0n) is 9.63. The lowest BCUT2D eigenvalue weighted by atomic mass is 10.3. The van der Waals surface area contributed by atoms with Crippen LogP contribution in [0.25, 0.3) is 0 Å². The number of hydrogen-bond acceptors (Lipinski definition) is 5. The van der Waals surface area contributed by atoms with Crippen molar-refractivity contribution in [2.75, 3.05) is 0 Å². The summed E-state index contributed by atoms with van der Waals surface area (Å²) in [6.07, 6.45) is 0. The lowest BCUT2D eigenvalue weighted by Gasteiger charge is -1.97. The van der Waals surface area contributed by atoms with Crippen LogP contribution in [0.2, 0.25) is 0 Å². The molecule has 19 heavy (non-hydrogen) atoms. The lowest BCUT2D eigenvalue weighted by Crippen LogP contribution is -1.96. The van der Waals surface area contributed by atoms with Gasteiger partial charge in [0.05, 0.1) is 16.3 Å². The van der Waals surface area contributed by atoms with Crippen LogP contribution in [0.3, 0.4) is 0 Å². The van der Waals surface area contributed by atoms with E-state index in [4.69, 9.17) is 9.66 Å². The van der Waals surface area contributed by atoms with Crippen LogP contribution in [0.1, 0.15) is 0 Å². The Balaban J connectivity index is 2.18. The molecule has 0 spiro atoms. The number of hydrogen-bond donors (Lipinski definition) is 2. The Morgan fingerprint density at radius 2 is 1.21 bits per heavy atom. The van der Waals surface area contributed by atoms with Gasteiger partial charge in [0.25, 0.3) is 10.1 Å². The molecule has 6 nitrogen and oxygen atoms in total. The molecule has 0 unspecified atom stereocenters. The van der Waals surface area contributed by atoms with Gasteiger partial charge in [0, 0.05) is 0 Å². The molecule has 0 saturated carbocycles. The molecule has 0 bridgehead atoms. The Morgan fingerprint density at radius 3 is 1.63 bits per heavy atom. The predicted octanol–water partition coefficient (Wildman–Crippen LogP) is 3.05. The molecule has 0 fully saturated rings. The molecule has 0 aromatic heterocycles. The van der Waals surface area contributed by atoms with E-state index in [1.807, 2.05) is 0 Å². The molecule has 0 saturated heterocycles. The van der Waals surface area contributed by atoms with E-state index in [0.717, 1.165) is 0 Å². The molecular weight excluding hydrogens is 268 g/mol. The fourth-order valence-corrected chi connectivity index (χ4v) is 1.80. The number of benzene rings is 2. The quantitative estimate of drug-likeness (QED) is 0.665. The monoisotopic (exact) mass is 278 g/mol. The summed E-state index contributed by atoms with van der Waals surface area (Å²) in [7, 11) is -4.19. The predicted molar refractivity (Wildman–Crippen MR) is 68.5 cm³/mol. The van der Waals surface area contributed by atoms with Crippen LogP contribution in [0.4, 0.5) is 11.4 Å². The average Bonchev–Trinajstić information content (AvgIpc) is 2.37. The first kappa shape index (κ1) is 13.2. The topological polar surface area (TPSA) is 99.3 Å². The molecule has 0 radical (unpaired) electrons. The minimum absolute atomic E-state index is 0.136. The summed E-state index contributed by atoms with van der Waals surface area (Å²) < 4.78 is 30.5. The lowest BCUT2D eigenvalue weighted by molar-refractivity contribution is 0.475. The first-order chi connectivity index (χ1) is 8.95. The fraction of sp³-hybridized carbons (Fsp3) is 0. The molecule has 2 aromatic rings. The molecule has 2 rings (SSSR count). The first-order valence-corrected chi connectivity index (χ1v) is 6.67. The van der Waals surface area contributed by atoms with Crippen molar-refractivity contribution in [2.45, 2.75) is 4.90 Å². The van der Waals surface area contributed by atoms with E-state index in [-0.39, 0.29) is 10.6 Å². The molecule has 2 N–H and O–H groups in total. The number of rotatable bonds is 3. The van der Waals surface area contributed by atoms with E-state index < -0.39 is 10.1 Å². The fourth-order valence-electron chi connectivity index (χ4n) is 1.32. The van der Waals surface area contributed by atoms with E-state index in [1.165, 1.54) is 36.4 Å². The third-order valence-electron chi connectivity index (χ3n) is 2.27. The van der Waals surface area contributed by atoms with Crippen LogP contribution >= 0.6 is 0 Å². The highest BCUT2D eigenvalue weighted by Crippen LogP contribution is 2.21. The Bertz CT molecular complexity index is 692. The van der Waals surface area contributed by atoms with Crippen molar-refractivity contribution in [3.63, 3.8) is 0 Å². The van der Waals surface area contributed by atoms with Gasteiger partial charge >= 0.3 is 0 Å². The molecule has 7 heteroatoms. The highest BCUT2D eigenvalue weighted by Gasteiger charge is 2.07. The van der Waals surface area contributed by atoms with Crippen molar-refractivity contribution in [1.82, 2.24) is 0 Å². The second-order valence-corrected chi connectivity index (χ2v) is 5.11. The Morgan fingerprint density at radius 1 is 0.789 bits per heavy atom. The van der Waals surface area contributed by atoms with Gasteiger partial charge in [-0.3, -0.25) is 4.55 Å². The zero-order chi connectivity index (χ0) is 13.9. The molecule has 0 aliphatic carbocycles. The standard InChI is InChI=1S/C12H10N2O4S/c15-11-5-1-9(2-6-11)13-14-10-3-7-12(8-4-10)19(16,17)18/h1-8,15H,(H,16,17,18)/b14-13+.